The van der Waals surface area contributed by atoms with Crippen LogP contribution in [0.2, 0.25) is 0 Å². The van der Waals surface area contributed by atoms with Gasteiger partial charge in [0.2, 0.25) is 5.91 Å². The molecule has 0 unspecified atom stereocenters. The van der Waals surface area contributed by atoms with Crippen molar-refractivity contribution in [1.82, 2.24) is 0 Å². The van der Waals surface area contributed by atoms with E-state index in [1.807, 2.05) is 19.1 Å². The number of nitrogens with two attached hydrogens (primary N) is 1. The van der Waals surface area contributed by atoms with Gasteiger partial charge in [-0.15, -0.1) is 0 Å². The van der Waals surface area contributed by atoms with E-state index in [9.17, 15) is 9.59 Å². The number of benzene rings is 2. The van der Waals surface area contributed by atoms with Gasteiger partial charge in [0.25, 0.3) is 5.91 Å². The van der Waals surface area contributed by atoms with Crippen LogP contribution in [0.3, 0.4) is 0 Å². The van der Waals surface area contributed by atoms with E-state index in [1.165, 1.54) is 7.11 Å². The summed E-state index contributed by atoms with van der Waals surface area (Å²) >= 11 is 0. The molecule has 0 aliphatic carbocycles. The Labute approximate surface area is 134 Å². The second kappa shape index (κ2) is 7.31. The Morgan fingerprint density at radius 3 is 2.43 bits per heavy atom. The number of anilines is 1. The van der Waals surface area contributed by atoms with Gasteiger partial charge in [-0.3, -0.25) is 9.59 Å². The topological polar surface area (TPSA) is 90.7 Å². The first kappa shape index (κ1) is 16.4. The number of amides is 2. The summed E-state index contributed by atoms with van der Waals surface area (Å²) in [5.74, 6) is 0.227. The number of ether oxygens (including phenoxy) is 2. The van der Waals surface area contributed by atoms with Gasteiger partial charge in [0.1, 0.15) is 11.5 Å². The minimum absolute atomic E-state index is 0.160. The average Bonchev–Trinajstić information content (AvgIpc) is 2.53. The van der Waals surface area contributed by atoms with Gasteiger partial charge < -0.3 is 20.5 Å². The molecule has 0 saturated heterocycles. The number of methoxy groups -OCH3 is 1. The Morgan fingerprint density at radius 1 is 1.13 bits per heavy atom. The van der Waals surface area contributed by atoms with E-state index in [2.05, 4.69) is 5.32 Å². The summed E-state index contributed by atoms with van der Waals surface area (Å²) in [7, 11) is 1.54. The lowest BCUT2D eigenvalue weighted by atomic mass is 10.2. The third-order valence-corrected chi connectivity index (χ3v) is 3.14. The Hall–Kier alpha value is -3.02. The Morgan fingerprint density at radius 2 is 1.83 bits per heavy atom. The molecular formula is C17H18N2O4. The van der Waals surface area contributed by atoms with Gasteiger partial charge in [-0.1, -0.05) is 6.07 Å². The van der Waals surface area contributed by atoms with Gasteiger partial charge in [0.15, 0.2) is 6.61 Å². The van der Waals surface area contributed by atoms with Crippen molar-refractivity contribution in [3.05, 3.63) is 53.6 Å². The van der Waals surface area contributed by atoms with Crippen molar-refractivity contribution in [3.63, 3.8) is 0 Å². The van der Waals surface area contributed by atoms with Crippen LogP contribution in [0.1, 0.15) is 15.9 Å². The first-order valence-electron chi connectivity index (χ1n) is 6.97. The molecule has 0 aliphatic rings. The summed E-state index contributed by atoms with van der Waals surface area (Å²) in [6, 6.07) is 11.7. The molecule has 2 amide bonds. The molecule has 0 saturated carbocycles. The molecule has 2 rings (SSSR count). The summed E-state index contributed by atoms with van der Waals surface area (Å²) in [6.07, 6.45) is 0. The van der Waals surface area contributed by atoms with Gasteiger partial charge in [-0.25, -0.2) is 0 Å². The van der Waals surface area contributed by atoms with Crippen LogP contribution in [-0.2, 0) is 4.79 Å². The second-order valence-corrected chi connectivity index (χ2v) is 4.93. The highest BCUT2D eigenvalue weighted by atomic mass is 16.5. The Kier molecular flexibility index (Phi) is 5.19. The maximum absolute atomic E-state index is 12.0. The molecule has 0 radical (unpaired) electrons. The monoisotopic (exact) mass is 314 g/mol. The number of aryl methyl sites for hydroxylation is 1. The summed E-state index contributed by atoms with van der Waals surface area (Å²) < 4.78 is 10.6. The SMILES string of the molecule is COc1ccc(C)cc1NC(=O)COc1ccc(C(N)=O)cc1. The zero-order valence-corrected chi connectivity index (χ0v) is 13.0. The third-order valence-electron chi connectivity index (χ3n) is 3.14. The zero-order chi connectivity index (χ0) is 16.8. The molecule has 0 aromatic heterocycles. The van der Waals surface area contributed by atoms with Gasteiger partial charge in [0, 0.05) is 5.56 Å². The fourth-order valence-corrected chi connectivity index (χ4v) is 1.97. The van der Waals surface area contributed by atoms with Crippen LogP contribution in [0.15, 0.2) is 42.5 Å². The highest BCUT2D eigenvalue weighted by Gasteiger charge is 2.09. The van der Waals surface area contributed by atoms with Crippen LogP contribution in [0.5, 0.6) is 11.5 Å². The smallest absolute Gasteiger partial charge is 0.262 e. The molecule has 0 aliphatic heterocycles. The molecular weight excluding hydrogens is 296 g/mol. The lowest BCUT2D eigenvalue weighted by Gasteiger charge is -2.11. The standard InChI is InChI=1S/C17H18N2O4/c1-11-3-8-15(22-2)14(9-11)19-16(20)10-23-13-6-4-12(5-7-13)17(18)21/h3-9H,10H2,1-2H3,(H2,18,21)(H,19,20). The van der Waals surface area contributed by atoms with Crippen LogP contribution in [-0.4, -0.2) is 25.5 Å². The molecule has 0 heterocycles. The largest absolute Gasteiger partial charge is 0.495 e. The van der Waals surface area contributed by atoms with Crippen molar-refractivity contribution in [2.45, 2.75) is 6.92 Å². The minimum atomic E-state index is -0.513. The highest BCUT2D eigenvalue weighted by molar-refractivity contribution is 5.94. The molecule has 0 fully saturated rings. The van der Waals surface area contributed by atoms with Crippen molar-refractivity contribution < 1.29 is 19.1 Å². The fraction of sp³-hybridized carbons (Fsp3) is 0.176. The van der Waals surface area contributed by atoms with Crippen LogP contribution >= 0.6 is 0 Å². The van der Waals surface area contributed by atoms with E-state index < -0.39 is 5.91 Å². The minimum Gasteiger partial charge on any atom is -0.495 e. The van der Waals surface area contributed by atoms with Crippen LogP contribution < -0.4 is 20.5 Å². The average molecular weight is 314 g/mol. The van der Waals surface area contributed by atoms with Gasteiger partial charge in [-0.05, 0) is 48.9 Å². The molecule has 3 N–H and O–H groups in total. The van der Waals surface area contributed by atoms with E-state index in [0.717, 1.165) is 5.56 Å². The molecule has 120 valence electrons. The first-order valence-corrected chi connectivity index (χ1v) is 6.97. The number of hydrogen-bond donors (Lipinski definition) is 2. The molecule has 6 nitrogen and oxygen atoms in total. The van der Waals surface area contributed by atoms with E-state index in [0.29, 0.717) is 22.7 Å². The van der Waals surface area contributed by atoms with Crippen molar-refractivity contribution in [1.29, 1.82) is 0 Å². The second-order valence-electron chi connectivity index (χ2n) is 4.93. The molecule has 0 bridgehead atoms. The predicted molar refractivity (Wildman–Crippen MR) is 86.8 cm³/mol. The number of hydrogen-bond acceptors (Lipinski definition) is 4. The zero-order valence-electron chi connectivity index (χ0n) is 13.0. The molecule has 2 aromatic carbocycles. The van der Waals surface area contributed by atoms with E-state index in [4.69, 9.17) is 15.2 Å². The van der Waals surface area contributed by atoms with Gasteiger partial charge >= 0.3 is 0 Å². The van der Waals surface area contributed by atoms with E-state index >= 15 is 0 Å². The van der Waals surface area contributed by atoms with Crippen LogP contribution in [0, 0.1) is 6.92 Å². The number of rotatable bonds is 6. The first-order chi connectivity index (χ1) is 11.0. The Bertz CT molecular complexity index is 711. The van der Waals surface area contributed by atoms with Crippen molar-refractivity contribution in [2.75, 3.05) is 19.0 Å². The maximum atomic E-state index is 12.0. The number of nitrogens with one attached hydrogen (secondary N) is 1. The van der Waals surface area contributed by atoms with Crippen molar-refractivity contribution in [2.24, 2.45) is 5.73 Å². The quantitative estimate of drug-likeness (QED) is 0.854. The highest BCUT2D eigenvalue weighted by Crippen LogP contribution is 2.25. The van der Waals surface area contributed by atoms with Crippen LogP contribution in [0.4, 0.5) is 5.69 Å². The molecule has 23 heavy (non-hydrogen) atoms. The van der Waals surface area contributed by atoms with Gasteiger partial charge in [0.05, 0.1) is 12.8 Å². The maximum Gasteiger partial charge on any atom is 0.262 e. The lowest BCUT2D eigenvalue weighted by molar-refractivity contribution is -0.118. The number of primary amides is 1. The van der Waals surface area contributed by atoms with Crippen molar-refractivity contribution >= 4 is 17.5 Å². The number of carbonyl (C=O) groups excluding carboxylic acids is 2. The number of carbonyl (C=O) groups is 2. The summed E-state index contributed by atoms with van der Waals surface area (Å²) in [4.78, 5) is 22.9. The third kappa shape index (κ3) is 4.47. The Balaban J connectivity index is 1.95. The van der Waals surface area contributed by atoms with Crippen molar-refractivity contribution in [3.8, 4) is 11.5 Å². The molecule has 0 atom stereocenters. The molecule has 2 aromatic rings. The summed E-state index contributed by atoms with van der Waals surface area (Å²) in [5, 5.41) is 2.74. The molecule has 0 spiro atoms. The van der Waals surface area contributed by atoms with E-state index in [-0.39, 0.29) is 12.5 Å². The molecule has 6 heteroatoms. The fourth-order valence-electron chi connectivity index (χ4n) is 1.97. The lowest BCUT2D eigenvalue weighted by Crippen LogP contribution is -2.20. The van der Waals surface area contributed by atoms with Gasteiger partial charge in [-0.2, -0.15) is 0 Å². The predicted octanol–water partition coefficient (Wildman–Crippen LogP) is 2.12. The summed E-state index contributed by atoms with van der Waals surface area (Å²) in [5.41, 5.74) is 7.13. The normalized spacial score (nSPS) is 10.0. The van der Waals surface area contributed by atoms with E-state index in [1.54, 1.807) is 30.3 Å². The van der Waals surface area contributed by atoms with Crippen LogP contribution in [0.25, 0.3) is 0 Å². The summed E-state index contributed by atoms with van der Waals surface area (Å²) in [6.45, 7) is 1.76.